The number of amides is 1. The van der Waals surface area contributed by atoms with Gasteiger partial charge in [-0.15, -0.1) is 10.2 Å². The predicted molar refractivity (Wildman–Crippen MR) is 172 cm³/mol. The highest BCUT2D eigenvalue weighted by Gasteiger charge is 2.48. The van der Waals surface area contributed by atoms with Crippen LogP contribution >= 0.6 is 23.1 Å². The molecule has 0 aliphatic carbocycles. The van der Waals surface area contributed by atoms with Crippen molar-refractivity contribution in [2.24, 2.45) is 0 Å². The van der Waals surface area contributed by atoms with E-state index < -0.39 is 17.7 Å². The average molecular weight is 646 g/mol. The van der Waals surface area contributed by atoms with Crippen molar-refractivity contribution in [1.82, 2.24) is 10.2 Å². The highest BCUT2D eigenvalue weighted by atomic mass is 32.2. The smallest absolute Gasteiger partial charge is 0.301 e. The average Bonchev–Trinajstić information content (AvgIpc) is 3.63. The molecule has 1 fully saturated rings. The lowest BCUT2D eigenvalue weighted by molar-refractivity contribution is -0.132. The third-order valence-corrected chi connectivity index (χ3v) is 9.36. The van der Waals surface area contributed by atoms with Crippen LogP contribution in [0.25, 0.3) is 5.76 Å². The lowest BCUT2D eigenvalue weighted by atomic mass is 9.95. The Hall–Kier alpha value is -4.55. The second-order valence-electron chi connectivity index (χ2n) is 10.2. The fourth-order valence-electron chi connectivity index (χ4n) is 5.12. The number of nitrogens with zero attached hydrogens (tertiary/aromatic N) is 3. The third kappa shape index (κ3) is 6.20. The number of aliphatic hydroxyl groups is 1. The van der Waals surface area contributed by atoms with E-state index in [2.05, 4.69) is 34.5 Å². The van der Waals surface area contributed by atoms with Crippen molar-refractivity contribution in [2.45, 2.75) is 36.9 Å². The molecule has 1 atom stereocenters. The maximum atomic E-state index is 13.7. The van der Waals surface area contributed by atoms with Gasteiger partial charge in [-0.3, -0.25) is 14.5 Å². The van der Waals surface area contributed by atoms with Crippen LogP contribution in [0, 0.1) is 6.92 Å². The fraction of sp³-hybridized carbons (Fsp3) is 0.273. The first kappa shape index (κ1) is 30.5. The van der Waals surface area contributed by atoms with Crippen molar-refractivity contribution < 1.29 is 33.6 Å². The van der Waals surface area contributed by atoms with Gasteiger partial charge in [-0.2, -0.15) is 0 Å². The second-order valence-corrected chi connectivity index (χ2v) is 12.4. The summed E-state index contributed by atoms with van der Waals surface area (Å²) in [5, 5.41) is 20.5. The summed E-state index contributed by atoms with van der Waals surface area (Å²) in [6.45, 7) is 7.33. The first-order chi connectivity index (χ1) is 21.9. The lowest BCUT2D eigenvalue weighted by Crippen LogP contribution is -2.29. The Labute approximate surface area is 268 Å². The lowest BCUT2D eigenvalue weighted by Gasteiger charge is -2.24. The largest absolute Gasteiger partial charge is 0.507 e. The second kappa shape index (κ2) is 13.2. The molecule has 1 aromatic heterocycles. The molecule has 3 heterocycles. The van der Waals surface area contributed by atoms with Crippen molar-refractivity contribution >= 4 is 45.7 Å². The van der Waals surface area contributed by atoms with Crippen LogP contribution in [-0.2, 0) is 15.3 Å². The van der Waals surface area contributed by atoms with Crippen molar-refractivity contribution in [3.63, 3.8) is 0 Å². The molecule has 0 radical (unpaired) electrons. The zero-order chi connectivity index (χ0) is 31.5. The van der Waals surface area contributed by atoms with Gasteiger partial charge >= 0.3 is 5.91 Å². The Kier molecular flexibility index (Phi) is 8.95. The van der Waals surface area contributed by atoms with Gasteiger partial charge < -0.3 is 24.1 Å². The van der Waals surface area contributed by atoms with Crippen LogP contribution in [0.5, 0.6) is 23.0 Å². The third-order valence-electron chi connectivity index (χ3n) is 7.23. The summed E-state index contributed by atoms with van der Waals surface area (Å²) in [6, 6.07) is 17.3. The number of carbonyl (C=O) groups excluding carboxylic acids is 2. The minimum atomic E-state index is -1.02. The molecular formula is C33H31N3O7S2. The summed E-state index contributed by atoms with van der Waals surface area (Å²) in [5.74, 6) is 0.606. The Bertz CT molecular complexity index is 1770. The van der Waals surface area contributed by atoms with Crippen molar-refractivity contribution in [1.29, 1.82) is 0 Å². The van der Waals surface area contributed by atoms with Gasteiger partial charge in [-0.25, -0.2) is 0 Å². The maximum Gasteiger partial charge on any atom is 0.301 e. The highest BCUT2D eigenvalue weighted by molar-refractivity contribution is 8.00. The minimum absolute atomic E-state index is 0.0904. The molecule has 1 saturated heterocycles. The van der Waals surface area contributed by atoms with Crippen molar-refractivity contribution in [2.75, 3.05) is 31.3 Å². The molecule has 3 aromatic carbocycles. The van der Waals surface area contributed by atoms with E-state index in [1.165, 1.54) is 33.6 Å². The quantitative estimate of drug-likeness (QED) is 0.0688. The fourth-order valence-corrected chi connectivity index (χ4v) is 6.94. The highest BCUT2D eigenvalue weighted by Crippen LogP contribution is 2.46. The molecule has 2 aliphatic rings. The molecule has 0 spiro atoms. The number of aryl methyl sites for hydroxylation is 1. The van der Waals surface area contributed by atoms with Crippen LogP contribution in [0.4, 0.5) is 5.13 Å². The SMILES string of the molecule is CCOc1ccc([C@H]2C(=C(O)c3ccc4c(c3)OCCO4)C(=O)C(=O)N2c2nnc(SCc3ccc(C)cc3)s2)cc1OCC. The first-order valence-corrected chi connectivity index (χ1v) is 16.3. The summed E-state index contributed by atoms with van der Waals surface area (Å²) in [7, 11) is 0. The molecule has 232 valence electrons. The zero-order valence-electron chi connectivity index (χ0n) is 24.9. The monoisotopic (exact) mass is 645 g/mol. The van der Waals surface area contributed by atoms with E-state index in [-0.39, 0.29) is 16.5 Å². The van der Waals surface area contributed by atoms with Gasteiger partial charge in [0.1, 0.15) is 19.0 Å². The molecule has 2 aliphatic heterocycles. The Morgan fingerprint density at radius 1 is 0.956 bits per heavy atom. The molecule has 45 heavy (non-hydrogen) atoms. The summed E-state index contributed by atoms with van der Waals surface area (Å²) >= 11 is 2.70. The van der Waals surface area contributed by atoms with E-state index in [9.17, 15) is 14.7 Å². The molecule has 4 aromatic rings. The summed E-state index contributed by atoms with van der Waals surface area (Å²) in [6.07, 6.45) is 0. The van der Waals surface area contributed by atoms with Gasteiger partial charge in [0.2, 0.25) is 5.13 Å². The number of hydrogen-bond acceptors (Lipinski definition) is 11. The Balaban J connectivity index is 1.42. The molecule has 12 heteroatoms. The number of benzene rings is 3. The standard InChI is InChI=1S/C33H31N3O7S2/c1-4-40-23-12-10-21(16-25(23)41-5-2)28-27(29(37)22-11-13-24-26(17-22)43-15-14-42-24)30(38)31(39)36(28)32-34-35-33(45-32)44-18-20-8-6-19(3)7-9-20/h6-13,16-17,28,37H,4-5,14-15,18H2,1-3H3/t28-/m0/s1. The van der Waals surface area contributed by atoms with Crippen LogP contribution in [0.1, 0.15) is 42.1 Å². The number of hydrogen-bond donors (Lipinski definition) is 1. The maximum absolute atomic E-state index is 13.7. The molecule has 1 N–H and O–H groups in total. The number of ketones is 1. The van der Waals surface area contributed by atoms with E-state index in [4.69, 9.17) is 18.9 Å². The number of carbonyl (C=O) groups is 2. The number of rotatable bonds is 10. The van der Waals surface area contributed by atoms with Gasteiger partial charge in [0, 0.05) is 11.3 Å². The van der Waals surface area contributed by atoms with Crippen LogP contribution in [-0.4, -0.2) is 53.4 Å². The molecule has 10 nitrogen and oxygen atoms in total. The molecule has 0 bridgehead atoms. The molecule has 1 amide bonds. The topological polar surface area (TPSA) is 120 Å². The minimum Gasteiger partial charge on any atom is -0.507 e. The van der Waals surface area contributed by atoms with Gasteiger partial charge in [-0.05, 0) is 62.2 Å². The van der Waals surface area contributed by atoms with E-state index in [0.29, 0.717) is 70.6 Å². The summed E-state index contributed by atoms with van der Waals surface area (Å²) in [5.41, 5.74) is 3.05. The van der Waals surface area contributed by atoms with Crippen molar-refractivity contribution in [3.8, 4) is 23.0 Å². The number of ether oxygens (including phenoxy) is 4. The van der Waals surface area contributed by atoms with E-state index >= 15 is 0 Å². The number of Topliss-reactive ketones (excluding diaryl/α,β-unsaturated/α-hetero) is 1. The molecular weight excluding hydrogens is 615 g/mol. The van der Waals surface area contributed by atoms with Crippen LogP contribution in [0.3, 0.4) is 0 Å². The van der Waals surface area contributed by atoms with E-state index in [1.807, 2.05) is 20.8 Å². The van der Waals surface area contributed by atoms with Gasteiger partial charge in [0.15, 0.2) is 27.3 Å². The number of thioether (sulfide) groups is 1. The van der Waals surface area contributed by atoms with Crippen molar-refractivity contribution in [3.05, 3.63) is 88.5 Å². The van der Waals surface area contributed by atoms with Gasteiger partial charge in [0.25, 0.3) is 5.78 Å². The Morgan fingerprint density at radius 3 is 2.44 bits per heavy atom. The van der Waals surface area contributed by atoms with E-state index in [0.717, 1.165) is 5.56 Å². The number of fused-ring (bicyclic) bond motifs is 1. The predicted octanol–water partition coefficient (Wildman–Crippen LogP) is 6.33. The molecule has 0 saturated carbocycles. The normalized spacial score (nSPS) is 17.0. The number of aliphatic hydroxyl groups excluding tert-OH is 1. The number of aromatic nitrogens is 2. The van der Waals surface area contributed by atoms with E-state index in [1.54, 1.807) is 36.4 Å². The van der Waals surface area contributed by atoms with Crippen LogP contribution in [0.2, 0.25) is 0 Å². The first-order valence-electron chi connectivity index (χ1n) is 14.5. The Morgan fingerprint density at radius 2 is 1.69 bits per heavy atom. The number of anilines is 1. The van der Waals surface area contributed by atoms with Crippen LogP contribution < -0.4 is 23.8 Å². The van der Waals surface area contributed by atoms with Gasteiger partial charge in [0.05, 0.1) is 24.8 Å². The van der Waals surface area contributed by atoms with Gasteiger partial charge in [-0.1, -0.05) is 59.0 Å². The van der Waals surface area contributed by atoms with Crippen LogP contribution in [0.15, 0.2) is 70.6 Å². The molecule has 6 rings (SSSR count). The molecule has 0 unspecified atom stereocenters. The summed E-state index contributed by atoms with van der Waals surface area (Å²) < 4.78 is 23.6. The summed E-state index contributed by atoms with van der Waals surface area (Å²) in [4.78, 5) is 28.8. The zero-order valence-corrected chi connectivity index (χ0v) is 26.6.